The van der Waals surface area contributed by atoms with Crippen molar-refractivity contribution in [2.75, 3.05) is 6.54 Å². The zero-order chi connectivity index (χ0) is 15.6. The lowest BCUT2D eigenvalue weighted by molar-refractivity contribution is 0.588. The Morgan fingerprint density at radius 1 is 1.38 bits per heavy atom. The number of aryl methyl sites for hydroxylation is 1. The highest BCUT2D eigenvalue weighted by Gasteiger charge is 2.17. The Morgan fingerprint density at radius 3 is 2.71 bits per heavy atom. The Kier molecular flexibility index (Phi) is 5.01. The van der Waals surface area contributed by atoms with Gasteiger partial charge in [-0.3, -0.25) is 4.68 Å². The molecule has 3 nitrogen and oxygen atoms in total. The number of halogens is 2. The maximum absolute atomic E-state index is 13.5. The molecule has 0 aliphatic carbocycles. The van der Waals surface area contributed by atoms with Crippen LogP contribution in [0.1, 0.15) is 42.4 Å². The predicted molar refractivity (Wildman–Crippen MR) is 84.3 cm³/mol. The van der Waals surface area contributed by atoms with Crippen LogP contribution in [0.2, 0.25) is 5.02 Å². The maximum Gasteiger partial charge on any atom is 0.142 e. The highest BCUT2D eigenvalue weighted by molar-refractivity contribution is 6.30. The van der Waals surface area contributed by atoms with Crippen LogP contribution in [0, 0.1) is 19.7 Å². The van der Waals surface area contributed by atoms with Gasteiger partial charge in [0.1, 0.15) is 5.82 Å². The van der Waals surface area contributed by atoms with Crippen LogP contribution in [0.15, 0.2) is 18.2 Å². The molecule has 1 aromatic carbocycles. The van der Waals surface area contributed by atoms with E-state index in [0.717, 1.165) is 23.5 Å². The Hall–Kier alpha value is -1.39. The second-order valence-electron chi connectivity index (χ2n) is 5.27. The Labute approximate surface area is 130 Å². The van der Waals surface area contributed by atoms with Gasteiger partial charge in [0, 0.05) is 17.3 Å². The van der Waals surface area contributed by atoms with Gasteiger partial charge in [-0.1, -0.05) is 24.6 Å². The summed E-state index contributed by atoms with van der Waals surface area (Å²) in [5.41, 5.74) is 4.18. The number of hydrogen-bond acceptors (Lipinski definition) is 2. The molecule has 21 heavy (non-hydrogen) atoms. The molecule has 0 amide bonds. The molecule has 1 aromatic heterocycles. The van der Waals surface area contributed by atoms with E-state index in [1.54, 1.807) is 6.07 Å². The first kappa shape index (κ1) is 16.0. The number of hydrogen-bond donors (Lipinski definition) is 1. The Balaban J connectivity index is 2.28. The van der Waals surface area contributed by atoms with Gasteiger partial charge in [0.05, 0.1) is 17.3 Å². The van der Waals surface area contributed by atoms with Crippen molar-refractivity contribution in [1.82, 2.24) is 15.1 Å². The second-order valence-corrected chi connectivity index (χ2v) is 5.68. The van der Waals surface area contributed by atoms with Crippen molar-refractivity contribution in [2.45, 2.75) is 40.3 Å². The molecule has 1 atom stereocenters. The lowest BCUT2D eigenvalue weighted by Crippen LogP contribution is -2.19. The number of benzene rings is 1. The molecule has 0 saturated heterocycles. The molecule has 1 heterocycles. The summed E-state index contributed by atoms with van der Waals surface area (Å²) in [5, 5.41) is 8.14. The summed E-state index contributed by atoms with van der Waals surface area (Å²) in [6.07, 6.45) is 0. The highest BCUT2D eigenvalue weighted by Crippen LogP contribution is 2.23. The molecule has 0 saturated carbocycles. The van der Waals surface area contributed by atoms with Crippen LogP contribution in [-0.4, -0.2) is 16.3 Å². The summed E-state index contributed by atoms with van der Waals surface area (Å²) in [7, 11) is 0. The Morgan fingerprint density at radius 2 is 2.10 bits per heavy atom. The van der Waals surface area contributed by atoms with E-state index in [-0.39, 0.29) is 11.1 Å². The van der Waals surface area contributed by atoms with Gasteiger partial charge in [0.15, 0.2) is 0 Å². The molecule has 0 fully saturated rings. The van der Waals surface area contributed by atoms with Crippen molar-refractivity contribution in [2.24, 2.45) is 0 Å². The minimum Gasteiger partial charge on any atom is -0.310 e. The Bertz CT molecular complexity index is 637. The zero-order valence-electron chi connectivity index (χ0n) is 12.9. The summed E-state index contributed by atoms with van der Waals surface area (Å²) in [5.74, 6) is -0.392. The van der Waals surface area contributed by atoms with E-state index < -0.39 is 5.82 Å². The molecule has 0 spiro atoms. The van der Waals surface area contributed by atoms with Crippen molar-refractivity contribution in [3.63, 3.8) is 0 Å². The zero-order valence-corrected chi connectivity index (χ0v) is 13.6. The maximum atomic E-state index is 13.5. The lowest BCUT2D eigenvalue weighted by Gasteiger charge is -2.13. The molecular weight excluding hydrogens is 289 g/mol. The van der Waals surface area contributed by atoms with Crippen LogP contribution in [0.4, 0.5) is 4.39 Å². The minimum atomic E-state index is -0.392. The first-order chi connectivity index (χ1) is 9.93. The smallest absolute Gasteiger partial charge is 0.142 e. The first-order valence-electron chi connectivity index (χ1n) is 7.15. The highest BCUT2D eigenvalue weighted by atomic mass is 35.5. The van der Waals surface area contributed by atoms with Crippen LogP contribution in [0.3, 0.4) is 0 Å². The second kappa shape index (κ2) is 6.58. The molecule has 0 radical (unpaired) electrons. The van der Waals surface area contributed by atoms with Crippen molar-refractivity contribution >= 4 is 11.6 Å². The molecule has 5 heteroatoms. The van der Waals surface area contributed by atoms with Crippen molar-refractivity contribution < 1.29 is 4.39 Å². The van der Waals surface area contributed by atoms with Crippen LogP contribution in [0.25, 0.3) is 0 Å². The fourth-order valence-corrected chi connectivity index (χ4v) is 2.83. The summed E-state index contributed by atoms with van der Waals surface area (Å²) in [6.45, 7) is 9.73. The third kappa shape index (κ3) is 3.44. The van der Waals surface area contributed by atoms with E-state index in [1.165, 1.54) is 11.6 Å². The fourth-order valence-electron chi connectivity index (χ4n) is 2.71. The molecule has 1 N–H and O–H groups in total. The normalized spacial score (nSPS) is 12.7. The molecule has 1 unspecified atom stereocenters. The lowest BCUT2D eigenvalue weighted by atomic mass is 10.1. The fraction of sp³-hybridized carbons (Fsp3) is 0.438. The quantitative estimate of drug-likeness (QED) is 0.904. The van der Waals surface area contributed by atoms with Gasteiger partial charge in [-0.15, -0.1) is 0 Å². The van der Waals surface area contributed by atoms with E-state index in [1.807, 2.05) is 17.7 Å². The van der Waals surface area contributed by atoms with Crippen LogP contribution in [0.5, 0.6) is 0 Å². The number of aromatic nitrogens is 2. The standard InChI is InChI=1S/C16H21ClFN3/c1-5-19-10(2)16-11(3)20-21(12(16)4)9-13-6-7-14(17)15(18)8-13/h6-8,10,19H,5,9H2,1-4H3. The molecule has 0 aliphatic rings. The van der Waals surface area contributed by atoms with Crippen molar-refractivity contribution in [3.05, 3.63) is 51.6 Å². The molecule has 2 aromatic rings. The van der Waals surface area contributed by atoms with E-state index in [2.05, 4.69) is 31.2 Å². The van der Waals surface area contributed by atoms with Crippen LogP contribution < -0.4 is 5.32 Å². The largest absolute Gasteiger partial charge is 0.310 e. The van der Waals surface area contributed by atoms with Gasteiger partial charge in [-0.25, -0.2) is 4.39 Å². The summed E-state index contributed by atoms with van der Waals surface area (Å²) in [4.78, 5) is 0. The van der Waals surface area contributed by atoms with E-state index in [9.17, 15) is 4.39 Å². The van der Waals surface area contributed by atoms with Gasteiger partial charge < -0.3 is 5.32 Å². The van der Waals surface area contributed by atoms with Gasteiger partial charge in [-0.05, 0) is 45.0 Å². The third-order valence-electron chi connectivity index (χ3n) is 3.70. The minimum absolute atomic E-state index is 0.147. The van der Waals surface area contributed by atoms with Crippen LogP contribution >= 0.6 is 11.6 Å². The molecule has 0 bridgehead atoms. The molecule has 114 valence electrons. The summed E-state index contributed by atoms with van der Waals surface area (Å²) in [6, 6.07) is 5.13. The van der Waals surface area contributed by atoms with E-state index >= 15 is 0 Å². The van der Waals surface area contributed by atoms with Crippen molar-refractivity contribution in [1.29, 1.82) is 0 Å². The SMILES string of the molecule is CCNC(C)c1c(C)nn(Cc2ccc(Cl)c(F)c2)c1C. The molecular formula is C16H21ClFN3. The number of rotatable bonds is 5. The molecule has 0 aliphatic heterocycles. The monoisotopic (exact) mass is 309 g/mol. The van der Waals surface area contributed by atoms with Crippen molar-refractivity contribution in [3.8, 4) is 0 Å². The molecule has 2 rings (SSSR count). The average Bonchev–Trinajstić information content (AvgIpc) is 2.69. The van der Waals surface area contributed by atoms with E-state index in [4.69, 9.17) is 11.6 Å². The van der Waals surface area contributed by atoms with Gasteiger partial charge >= 0.3 is 0 Å². The van der Waals surface area contributed by atoms with Crippen LogP contribution in [-0.2, 0) is 6.54 Å². The van der Waals surface area contributed by atoms with E-state index in [0.29, 0.717) is 6.54 Å². The number of nitrogens with one attached hydrogen (secondary N) is 1. The predicted octanol–water partition coefficient (Wildman–Crippen LogP) is 4.01. The summed E-state index contributed by atoms with van der Waals surface area (Å²) >= 11 is 5.71. The third-order valence-corrected chi connectivity index (χ3v) is 4.00. The number of nitrogens with zero attached hydrogens (tertiary/aromatic N) is 2. The topological polar surface area (TPSA) is 29.9 Å². The first-order valence-corrected chi connectivity index (χ1v) is 7.53. The van der Waals surface area contributed by atoms with Gasteiger partial charge in [0.25, 0.3) is 0 Å². The van der Waals surface area contributed by atoms with Gasteiger partial charge in [-0.2, -0.15) is 5.10 Å². The van der Waals surface area contributed by atoms with Gasteiger partial charge in [0.2, 0.25) is 0 Å². The average molecular weight is 310 g/mol. The summed E-state index contributed by atoms with van der Waals surface area (Å²) < 4.78 is 15.4.